The summed E-state index contributed by atoms with van der Waals surface area (Å²) in [5.41, 5.74) is 0.894. The molecule has 0 aliphatic heterocycles. The van der Waals surface area contributed by atoms with Gasteiger partial charge in [0, 0.05) is 7.05 Å². The minimum absolute atomic E-state index is 0.586. The molecular weight excluding hydrogens is 208 g/mol. The van der Waals surface area contributed by atoms with Crippen LogP contribution in [0.1, 0.15) is 13.3 Å². The van der Waals surface area contributed by atoms with Gasteiger partial charge in [0.15, 0.2) is 5.11 Å². The fourth-order valence-electron chi connectivity index (χ4n) is 1.09. The maximum atomic E-state index is 5.58. The summed E-state index contributed by atoms with van der Waals surface area (Å²) in [6.45, 7) is 2.79. The normalized spacial score (nSPS) is 9.47. The maximum absolute atomic E-state index is 5.58. The lowest BCUT2D eigenvalue weighted by atomic mass is 10.3. The van der Waals surface area contributed by atoms with E-state index in [9.17, 15) is 0 Å². The van der Waals surface area contributed by atoms with E-state index < -0.39 is 0 Å². The second-order valence-corrected chi connectivity index (χ2v) is 3.46. The first kappa shape index (κ1) is 11.8. The molecule has 0 atom stereocenters. The van der Waals surface area contributed by atoms with Crippen LogP contribution in [0.25, 0.3) is 0 Å². The Morgan fingerprint density at radius 1 is 1.40 bits per heavy atom. The van der Waals surface area contributed by atoms with E-state index in [0.717, 1.165) is 17.9 Å². The molecule has 0 bridgehead atoms. The molecule has 0 unspecified atom stereocenters. The Labute approximate surface area is 95.8 Å². The molecule has 0 spiro atoms. The first-order chi connectivity index (χ1) is 7.27. The van der Waals surface area contributed by atoms with E-state index in [1.165, 1.54) is 0 Å². The van der Waals surface area contributed by atoms with E-state index in [-0.39, 0.29) is 0 Å². The van der Waals surface area contributed by atoms with Crippen LogP contribution in [-0.4, -0.2) is 18.8 Å². The zero-order chi connectivity index (χ0) is 11.1. The monoisotopic (exact) mass is 224 g/mol. The Balaban J connectivity index is 2.72. The summed E-state index contributed by atoms with van der Waals surface area (Å²) in [6, 6.07) is 7.75. The number of hydrogen-bond donors (Lipinski definition) is 2. The predicted octanol–water partition coefficient (Wildman–Crippen LogP) is 2.39. The molecule has 0 radical (unpaired) electrons. The fourth-order valence-corrected chi connectivity index (χ4v) is 1.20. The van der Waals surface area contributed by atoms with Gasteiger partial charge in [-0.25, -0.2) is 0 Å². The molecule has 1 aromatic carbocycles. The van der Waals surface area contributed by atoms with Crippen molar-refractivity contribution in [1.29, 1.82) is 0 Å². The molecule has 1 aromatic rings. The van der Waals surface area contributed by atoms with Gasteiger partial charge in [-0.05, 0) is 30.8 Å². The van der Waals surface area contributed by atoms with E-state index in [1.54, 1.807) is 7.05 Å². The maximum Gasteiger partial charge on any atom is 0.170 e. The standard InChI is InChI=1S/C11H16N2OS/c1-3-8-14-10-7-5-4-6-9(10)13-11(15)12-2/h4-7H,3,8H2,1-2H3,(H2,12,13,15). The topological polar surface area (TPSA) is 33.3 Å². The van der Waals surface area contributed by atoms with E-state index in [0.29, 0.717) is 11.7 Å². The van der Waals surface area contributed by atoms with Gasteiger partial charge < -0.3 is 15.4 Å². The van der Waals surface area contributed by atoms with Gasteiger partial charge in [-0.1, -0.05) is 19.1 Å². The second kappa shape index (κ2) is 6.24. The summed E-state index contributed by atoms with van der Waals surface area (Å²) in [6.07, 6.45) is 0.991. The van der Waals surface area contributed by atoms with Gasteiger partial charge in [0.25, 0.3) is 0 Å². The van der Waals surface area contributed by atoms with Gasteiger partial charge >= 0.3 is 0 Å². The summed E-state index contributed by atoms with van der Waals surface area (Å²) in [5.74, 6) is 0.831. The van der Waals surface area contributed by atoms with Crippen molar-refractivity contribution in [2.75, 3.05) is 19.0 Å². The first-order valence-corrected chi connectivity index (χ1v) is 5.39. The quantitative estimate of drug-likeness (QED) is 0.769. The molecule has 0 saturated carbocycles. The molecule has 4 heteroatoms. The van der Waals surface area contributed by atoms with Crippen molar-refractivity contribution in [2.45, 2.75) is 13.3 Å². The van der Waals surface area contributed by atoms with Crippen molar-refractivity contribution in [2.24, 2.45) is 0 Å². The number of anilines is 1. The minimum atomic E-state index is 0.586. The predicted molar refractivity (Wildman–Crippen MR) is 67.5 cm³/mol. The molecule has 0 saturated heterocycles. The van der Waals surface area contributed by atoms with Gasteiger partial charge in [-0.15, -0.1) is 0 Å². The van der Waals surface area contributed by atoms with Crippen LogP contribution in [0, 0.1) is 0 Å². The Kier molecular flexibility index (Phi) is 4.90. The van der Waals surface area contributed by atoms with Crippen LogP contribution in [0.4, 0.5) is 5.69 Å². The summed E-state index contributed by atoms with van der Waals surface area (Å²) in [7, 11) is 1.78. The van der Waals surface area contributed by atoms with Gasteiger partial charge in [0.1, 0.15) is 5.75 Å². The largest absolute Gasteiger partial charge is 0.491 e. The molecule has 0 heterocycles. The molecule has 0 fully saturated rings. The number of nitrogens with one attached hydrogen (secondary N) is 2. The third-order valence-electron chi connectivity index (χ3n) is 1.82. The van der Waals surface area contributed by atoms with Crippen molar-refractivity contribution in [3.05, 3.63) is 24.3 Å². The van der Waals surface area contributed by atoms with Crippen molar-refractivity contribution in [1.82, 2.24) is 5.32 Å². The Bertz CT molecular complexity index is 328. The molecule has 0 aliphatic rings. The number of thiocarbonyl (C=S) groups is 1. The van der Waals surface area contributed by atoms with Crippen LogP contribution in [0.5, 0.6) is 5.75 Å². The van der Waals surface area contributed by atoms with Gasteiger partial charge in [0.05, 0.1) is 12.3 Å². The Hall–Kier alpha value is -1.29. The summed E-state index contributed by atoms with van der Waals surface area (Å²) < 4.78 is 5.58. The average molecular weight is 224 g/mol. The van der Waals surface area contributed by atoms with Crippen molar-refractivity contribution in [3.63, 3.8) is 0 Å². The van der Waals surface area contributed by atoms with Gasteiger partial charge in [0.2, 0.25) is 0 Å². The molecule has 2 N–H and O–H groups in total. The fraction of sp³-hybridized carbons (Fsp3) is 0.364. The third-order valence-corrected chi connectivity index (χ3v) is 2.13. The molecule has 3 nitrogen and oxygen atoms in total. The zero-order valence-corrected chi connectivity index (χ0v) is 9.86. The third kappa shape index (κ3) is 3.75. The molecule has 15 heavy (non-hydrogen) atoms. The highest BCUT2D eigenvalue weighted by Crippen LogP contribution is 2.23. The van der Waals surface area contributed by atoms with Crippen LogP contribution in [0.2, 0.25) is 0 Å². The van der Waals surface area contributed by atoms with E-state index in [1.807, 2.05) is 24.3 Å². The molecule has 82 valence electrons. The smallest absolute Gasteiger partial charge is 0.170 e. The first-order valence-electron chi connectivity index (χ1n) is 4.98. The number of ether oxygens (including phenoxy) is 1. The molecule has 1 rings (SSSR count). The van der Waals surface area contributed by atoms with Crippen LogP contribution in [0.15, 0.2) is 24.3 Å². The van der Waals surface area contributed by atoms with Gasteiger partial charge in [-0.2, -0.15) is 0 Å². The highest BCUT2D eigenvalue weighted by Gasteiger charge is 2.02. The van der Waals surface area contributed by atoms with E-state index >= 15 is 0 Å². The number of hydrogen-bond acceptors (Lipinski definition) is 2. The number of rotatable bonds is 4. The summed E-state index contributed by atoms with van der Waals surface area (Å²) >= 11 is 5.03. The molecule has 0 aromatic heterocycles. The second-order valence-electron chi connectivity index (χ2n) is 3.05. The lowest BCUT2D eigenvalue weighted by molar-refractivity contribution is 0.319. The Morgan fingerprint density at radius 2 is 2.13 bits per heavy atom. The van der Waals surface area contributed by atoms with E-state index in [4.69, 9.17) is 17.0 Å². The Morgan fingerprint density at radius 3 is 2.80 bits per heavy atom. The SMILES string of the molecule is CCCOc1ccccc1NC(=S)NC. The lowest BCUT2D eigenvalue weighted by Gasteiger charge is -2.12. The summed E-state index contributed by atoms with van der Waals surface area (Å²) in [4.78, 5) is 0. The zero-order valence-electron chi connectivity index (χ0n) is 9.04. The van der Waals surface area contributed by atoms with Crippen LogP contribution in [-0.2, 0) is 0 Å². The van der Waals surface area contributed by atoms with Crippen LogP contribution >= 0.6 is 12.2 Å². The van der Waals surface area contributed by atoms with Crippen LogP contribution < -0.4 is 15.4 Å². The van der Waals surface area contributed by atoms with Crippen LogP contribution in [0.3, 0.4) is 0 Å². The molecular formula is C11H16N2OS. The summed E-state index contributed by atoms with van der Waals surface area (Å²) in [5, 5.41) is 6.51. The van der Waals surface area contributed by atoms with Gasteiger partial charge in [-0.3, -0.25) is 0 Å². The average Bonchev–Trinajstić information content (AvgIpc) is 2.28. The number of benzene rings is 1. The highest BCUT2D eigenvalue weighted by atomic mass is 32.1. The molecule has 0 aliphatic carbocycles. The van der Waals surface area contributed by atoms with Crippen molar-refractivity contribution in [3.8, 4) is 5.75 Å². The van der Waals surface area contributed by atoms with E-state index in [2.05, 4.69) is 17.6 Å². The van der Waals surface area contributed by atoms with Crippen molar-refractivity contribution >= 4 is 23.0 Å². The minimum Gasteiger partial charge on any atom is -0.491 e. The number of para-hydroxylation sites is 2. The highest BCUT2D eigenvalue weighted by molar-refractivity contribution is 7.80. The lowest BCUT2D eigenvalue weighted by Crippen LogP contribution is -2.24. The molecule has 0 amide bonds. The van der Waals surface area contributed by atoms with Crippen molar-refractivity contribution < 1.29 is 4.74 Å².